The third-order valence-corrected chi connectivity index (χ3v) is 3.26. The van der Waals surface area contributed by atoms with Crippen LogP contribution in [0.4, 0.5) is 5.69 Å². The fraction of sp³-hybridized carbons (Fsp3) is 0. The van der Waals surface area contributed by atoms with E-state index < -0.39 is 0 Å². The van der Waals surface area contributed by atoms with Gasteiger partial charge in [0.15, 0.2) is 5.58 Å². The van der Waals surface area contributed by atoms with Gasteiger partial charge in [-0.1, -0.05) is 18.2 Å². The van der Waals surface area contributed by atoms with Crippen molar-refractivity contribution in [1.82, 2.24) is 14.8 Å². The van der Waals surface area contributed by atoms with Gasteiger partial charge in [0.25, 0.3) is 0 Å². The molecule has 0 saturated heterocycles. The molecule has 102 valence electrons. The minimum atomic E-state index is 0.540. The second kappa shape index (κ2) is 4.49. The molecule has 0 radical (unpaired) electrons. The Morgan fingerprint density at radius 1 is 1.05 bits per heavy atom. The van der Waals surface area contributed by atoms with E-state index in [1.54, 1.807) is 23.0 Å². The molecule has 0 aliphatic rings. The number of fused-ring (bicyclic) bond motifs is 1. The van der Waals surface area contributed by atoms with Gasteiger partial charge in [-0.2, -0.15) is 5.10 Å². The van der Waals surface area contributed by atoms with Crippen molar-refractivity contribution >= 4 is 16.8 Å². The molecule has 4 aromatic rings. The maximum Gasteiger partial charge on any atom is 0.230 e. The summed E-state index contributed by atoms with van der Waals surface area (Å²) in [7, 11) is 0. The van der Waals surface area contributed by atoms with Crippen LogP contribution < -0.4 is 5.73 Å². The van der Waals surface area contributed by atoms with Crippen LogP contribution in [0.3, 0.4) is 0 Å². The van der Waals surface area contributed by atoms with Crippen LogP contribution in [-0.4, -0.2) is 14.8 Å². The quantitative estimate of drug-likeness (QED) is 0.570. The first-order valence-electron chi connectivity index (χ1n) is 6.56. The van der Waals surface area contributed by atoms with Crippen LogP contribution in [-0.2, 0) is 0 Å². The summed E-state index contributed by atoms with van der Waals surface area (Å²) in [5.74, 6) is 0.540. The predicted molar refractivity (Wildman–Crippen MR) is 81.0 cm³/mol. The smallest absolute Gasteiger partial charge is 0.230 e. The largest absolute Gasteiger partial charge is 0.436 e. The van der Waals surface area contributed by atoms with Crippen molar-refractivity contribution < 1.29 is 4.42 Å². The average Bonchev–Trinajstić information content (AvgIpc) is 3.14. The highest BCUT2D eigenvalue weighted by Crippen LogP contribution is 2.25. The highest BCUT2D eigenvalue weighted by atomic mass is 16.3. The van der Waals surface area contributed by atoms with Gasteiger partial charge < -0.3 is 10.2 Å². The molecule has 0 unspecified atom stereocenters. The van der Waals surface area contributed by atoms with Crippen LogP contribution in [0.5, 0.6) is 0 Å². The molecule has 2 heterocycles. The molecule has 0 aliphatic carbocycles. The van der Waals surface area contributed by atoms with Crippen molar-refractivity contribution in [2.75, 3.05) is 5.73 Å². The topological polar surface area (TPSA) is 69.9 Å². The zero-order valence-corrected chi connectivity index (χ0v) is 11.1. The van der Waals surface area contributed by atoms with Crippen LogP contribution >= 0.6 is 0 Å². The summed E-state index contributed by atoms with van der Waals surface area (Å²) in [5.41, 5.74) is 9.70. The first-order valence-corrected chi connectivity index (χ1v) is 6.56. The van der Waals surface area contributed by atoms with Gasteiger partial charge >= 0.3 is 0 Å². The van der Waals surface area contributed by atoms with E-state index in [2.05, 4.69) is 10.1 Å². The number of hydrogen-bond donors (Lipinski definition) is 1. The van der Waals surface area contributed by atoms with Crippen LogP contribution in [0, 0.1) is 0 Å². The minimum Gasteiger partial charge on any atom is -0.436 e. The van der Waals surface area contributed by atoms with Crippen molar-refractivity contribution in [3.8, 4) is 17.1 Å². The fourth-order valence-corrected chi connectivity index (χ4v) is 2.22. The van der Waals surface area contributed by atoms with E-state index in [1.807, 2.05) is 42.6 Å². The van der Waals surface area contributed by atoms with E-state index >= 15 is 0 Å². The molecule has 0 atom stereocenters. The molecule has 0 saturated carbocycles. The second-order valence-electron chi connectivity index (χ2n) is 4.76. The lowest BCUT2D eigenvalue weighted by Crippen LogP contribution is -1.92. The molecular formula is C16H12N4O. The Hall–Kier alpha value is -3.08. The summed E-state index contributed by atoms with van der Waals surface area (Å²) in [4.78, 5) is 4.45. The number of nitrogens with two attached hydrogens (primary N) is 1. The maximum atomic E-state index is 5.75. The zero-order chi connectivity index (χ0) is 14.2. The monoisotopic (exact) mass is 276 g/mol. The number of hydrogen-bond acceptors (Lipinski definition) is 4. The number of aromatic nitrogens is 3. The van der Waals surface area contributed by atoms with Crippen molar-refractivity contribution in [3.63, 3.8) is 0 Å². The Morgan fingerprint density at radius 3 is 2.76 bits per heavy atom. The first kappa shape index (κ1) is 11.7. The molecule has 0 bridgehead atoms. The Bertz CT molecular complexity index is 908. The molecule has 4 rings (SSSR count). The van der Waals surface area contributed by atoms with Crippen LogP contribution in [0.1, 0.15) is 0 Å². The molecule has 2 aromatic carbocycles. The molecule has 5 heteroatoms. The molecular weight excluding hydrogens is 264 g/mol. The molecule has 0 amide bonds. The van der Waals surface area contributed by atoms with Crippen molar-refractivity contribution in [2.24, 2.45) is 0 Å². The summed E-state index contributed by atoms with van der Waals surface area (Å²) in [6.45, 7) is 0. The molecule has 2 aromatic heterocycles. The summed E-state index contributed by atoms with van der Waals surface area (Å²) in [6.07, 6.45) is 3.63. The third-order valence-electron chi connectivity index (χ3n) is 3.26. The summed E-state index contributed by atoms with van der Waals surface area (Å²) < 4.78 is 7.53. The van der Waals surface area contributed by atoms with Gasteiger partial charge in [0.2, 0.25) is 5.89 Å². The normalized spacial score (nSPS) is 11.0. The zero-order valence-electron chi connectivity index (χ0n) is 11.1. The van der Waals surface area contributed by atoms with Gasteiger partial charge in [-0.3, -0.25) is 0 Å². The van der Waals surface area contributed by atoms with E-state index in [1.165, 1.54) is 0 Å². The summed E-state index contributed by atoms with van der Waals surface area (Å²) in [6, 6.07) is 15.3. The molecule has 5 nitrogen and oxygen atoms in total. The minimum absolute atomic E-state index is 0.540. The highest BCUT2D eigenvalue weighted by molar-refractivity contribution is 5.79. The van der Waals surface area contributed by atoms with Crippen molar-refractivity contribution in [2.45, 2.75) is 0 Å². The maximum absolute atomic E-state index is 5.75. The van der Waals surface area contributed by atoms with E-state index in [-0.39, 0.29) is 0 Å². The molecule has 0 spiro atoms. The van der Waals surface area contributed by atoms with Gasteiger partial charge in [0.05, 0.1) is 17.4 Å². The second-order valence-corrected chi connectivity index (χ2v) is 4.76. The van der Waals surface area contributed by atoms with E-state index in [4.69, 9.17) is 10.2 Å². The number of nitrogens with zero attached hydrogens (tertiary/aromatic N) is 3. The summed E-state index contributed by atoms with van der Waals surface area (Å²) in [5, 5.41) is 4.34. The van der Waals surface area contributed by atoms with Gasteiger partial charge in [-0.15, -0.1) is 0 Å². The van der Waals surface area contributed by atoms with Crippen LogP contribution in [0.2, 0.25) is 0 Å². The Labute approximate surface area is 120 Å². The lowest BCUT2D eigenvalue weighted by molar-refractivity contribution is 0.620. The van der Waals surface area contributed by atoms with E-state index in [9.17, 15) is 0 Å². The predicted octanol–water partition coefficient (Wildman–Crippen LogP) is 3.26. The van der Waals surface area contributed by atoms with Crippen LogP contribution in [0.25, 0.3) is 28.2 Å². The van der Waals surface area contributed by atoms with E-state index in [0.717, 1.165) is 16.8 Å². The Morgan fingerprint density at radius 2 is 1.90 bits per heavy atom. The number of rotatable bonds is 2. The first-order chi connectivity index (χ1) is 10.3. The number of oxazole rings is 1. The van der Waals surface area contributed by atoms with E-state index in [0.29, 0.717) is 17.2 Å². The van der Waals surface area contributed by atoms with Crippen molar-refractivity contribution in [3.05, 3.63) is 60.9 Å². The van der Waals surface area contributed by atoms with Gasteiger partial charge in [0.1, 0.15) is 5.52 Å². The number of benzene rings is 2. The highest BCUT2D eigenvalue weighted by Gasteiger charge is 2.11. The fourth-order valence-electron chi connectivity index (χ4n) is 2.22. The number of nitrogen functional groups attached to an aromatic ring is 1. The average molecular weight is 276 g/mol. The van der Waals surface area contributed by atoms with Gasteiger partial charge in [0, 0.05) is 11.9 Å². The van der Waals surface area contributed by atoms with Gasteiger partial charge in [-0.25, -0.2) is 9.67 Å². The standard InChI is InChI=1S/C16H12N4O/c17-12-6-7-15-14(8-12)19-16(21-15)11-9-18-20(10-11)13-4-2-1-3-5-13/h1-10H,17H2. The summed E-state index contributed by atoms with van der Waals surface area (Å²) >= 11 is 0. The Kier molecular flexibility index (Phi) is 2.50. The number of para-hydroxylation sites is 1. The molecule has 0 fully saturated rings. The Balaban J connectivity index is 1.77. The third kappa shape index (κ3) is 2.04. The van der Waals surface area contributed by atoms with Crippen molar-refractivity contribution in [1.29, 1.82) is 0 Å². The SMILES string of the molecule is Nc1ccc2oc(-c3cnn(-c4ccccc4)c3)nc2c1. The van der Waals surface area contributed by atoms with Crippen LogP contribution in [0.15, 0.2) is 65.3 Å². The molecule has 0 aliphatic heterocycles. The lowest BCUT2D eigenvalue weighted by Gasteiger charge is -1.98. The molecule has 21 heavy (non-hydrogen) atoms. The van der Waals surface area contributed by atoms with Gasteiger partial charge in [-0.05, 0) is 30.3 Å². The lowest BCUT2D eigenvalue weighted by atomic mass is 10.3. The molecule has 2 N–H and O–H groups in total. The number of anilines is 1.